The highest BCUT2D eigenvalue weighted by molar-refractivity contribution is 7.98. The summed E-state index contributed by atoms with van der Waals surface area (Å²) in [5.74, 6) is 0.765. The first-order chi connectivity index (χ1) is 8.58. The smallest absolute Gasteiger partial charge is 0.191 e. The lowest BCUT2D eigenvalue weighted by Gasteiger charge is -2.08. The molecule has 0 unspecified atom stereocenters. The monoisotopic (exact) mass is 264 g/mol. The molecular formula is C12H13FN4S. The third-order valence-corrected chi connectivity index (χ3v) is 2.89. The van der Waals surface area contributed by atoms with Gasteiger partial charge in [0, 0.05) is 11.8 Å². The zero-order chi connectivity index (χ0) is 13.1. The van der Waals surface area contributed by atoms with Crippen molar-refractivity contribution in [3.63, 3.8) is 0 Å². The van der Waals surface area contributed by atoms with Crippen molar-refractivity contribution in [2.24, 2.45) is 0 Å². The zero-order valence-electron chi connectivity index (χ0n) is 10.1. The largest absolute Gasteiger partial charge is 0.383 e. The Morgan fingerprint density at radius 2 is 2.06 bits per heavy atom. The molecule has 6 heteroatoms. The Balaban J connectivity index is 2.27. The summed E-state index contributed by atoms with van der Waals surface area (Å²) >= 11 is 1.41. The molecule has 0 fully saturated rings. The second kappa shape index (κ2) is 5.22. The number of nitrogens with two attached hydrogens (primary N) is 1. The second-order valence-electron chi connectivity index (χ2n) is 3.75. The van der Waals surface area contributed by atoms with Gasteiger partial charge < -0.3 is 11.1 Å². The molecule has 0 aliphatic carbocycles. The number of nitrogen functional groups attached to an aromatic ring is 1. The van der Waals surface area contributed by atoms with Crippen molar-refractivity contribution in [1.29, 1.82) is 0 Å². The van der Waals surface area contributed by atoms with Crippen LogP contribution in [0.3, 0.4) is 0 Å². The van der Waals surface area contributed by atoms with Gasteiger partial charge in [0.15, 0.2) is 5.16 Å². The Morgan fingerprint density at radius 1 is 1.28 bits per heavy atom. The predicted molar refractivity (Wildman–Crippen MR) is 72.6 cm³/mol. The van der Waals surface area contributed by atoms with Gasteiger partial charge in [-0.2, -0.15) is 0 Å². The second-order valence-corrected chi connectivity index (χ2v) is 4.53. The summed E-state index contributed by atoms with van der Waals surface area (Å²) in [6.07, 6.45) is 1.88. The molecule has 1 heterocycles. The number of aromatic nitrogens is 2. The van der Waals surface area contributed by atoms with Crippen LogP contribution >= 0.6 is 11.8 Å². The number of aryl methyl sites for hydroxylation is 1. The van der Waals surface area contributed by atoms with Crippen LogP contribution in [0.5, 0.6) is 0 Å². The summed E-state index contributed by atoms with van der Waals surface area (Å²) in [7, 11) is 0. The maximum Gasteiger partial charge on any atom is 0.191 e. The third kappa shape index (κ3) is 2.89. The van der Waals surface area contributed by atoms with Crippen LogP contribution in [0.4, 0.5) is 21.7 Å². The molecule has 0 aliphatic heterocycles. The molecule has 0 saturated carbocycles. The van der Waals surface area contributed by atoms with Crippen molar-refractivity contribution >= 4 is 29.1 Å². The molecule has 0 atom stereocenters. The van der Waals surface area contributed by atoms with Crippen LogP contribution in [-0.4, -0.2) is 16.2 Å². The lowest BCUT2D eigenvalue weighted by Crippen LogP contribution is -2.00. The van der Waals surface area contributed by atoms with E-state index in [0.717, 1.165) is 5.69 Å². The molecule has 3 N–H and O–H groups in total. The molecule has 4 nitrogen and oxygen atoms in total. The number of benzene rings is 1. The number of thioether (sulfide) groups is 1. The van der Waals surface area contributed by atoms with E-state index in [1.165, 1.54) is 17.8 Å². The van der Waals surface area contributed by atoms with Crippen LogP contribution in [0.2, 0.25) is 0 Å². The minimum atomic E-state index is -0.229. The molecule has 2 aromatic rings. The first-order valence-corrected chi connectivity index (χ1v) is 6.52. The Hall–Kier alpha value is -1.82. The molecule has 2 rings (SSSR count). The summed E-state index contributed by atoms with van der Waals surface area (Å²) in [5.41, 5.74) is 7.02. The minimum Gasteiger partial charge on any atom is -0.383 e. The number of hydrogen-bond acceptors (Lipinski definition) is 5. The van der Waals surface area contributed by atoms with Gasteiger partial charge in [0.25, 0.3) is 0 Å². The molecule has 0 aliphatic rings. The van der Waals surface area contributed by atoms with E-state index >= 15 is 0 Å². The highest BCUT2D eigenvalue weighted by Crippen LogP contribution is 2.21. The van der Waals surface area contributed by atoms with E-state index < -0.39 is 0 Å². The number of anilines is 3. The molecule has 0 radical (unpaired) electrons. The summed E-state index contributed by atoms with van der Waals surface area (Å²) in [5, 5.41) is 3.67. The number of hydrogen-bond donors (Lipinski definition) is 2. The number of nitrogens with zero attached hydrogens (tertiary/aromatic N) is 2. The molecule has 0 amide bonds. The standard InChI is InChI=1S/C12H13FN4S/c1-7-5-8(3-4-9(7)13)15-11-6-10(14)16-12(17-11)18-2/h3-6H,1-2H3,(H3,14,15,16,17). The summed E-state index contributed by atoms with van der Waals surface area (Å²) in [6, 6.07) is 6.42. The lowest BCUT2D eigenvalue weighted by molar-refractivity contribution is 0.619. The molecule has 94 valence electrons. The molecule has 18 heavy (non-hydrogen) atoms. The molecule has 1 aromatic carbocycles. The van der Waals surface area contributed by atoms with Gasteiger partial charge in [0.05, 0.1) is 0 Å². The molecule has 0 bridgehead atoms. The van der Waals surface area contributed by atoms with Crippen LogP contribution in [0.15, 0.2) is 29.4 Å². The summed E-state index contributed by atoms with van der Waals surface area (Å²) in [4.78, 5) is 8.32. The van der Waals surface area contributed by atoms with Crippen molar-refractivity contribution < 1.29 is 4.39 Å². The SMILES string of the molecule is CSc1nc(N)cc(Nc2ccc(F)c(C)c2)n1. The molecular weight excluding hydrogens is 251 g/mol. The fourth-order valence-corrected chi connectivity index (χ4v) is 1.86. The molecule has 0 spiro atoms. The Bertz CT molecular complexity index is 574. The highest BCUT2D eigenvalue weighted by Gasteiger charge is 2.04. The average Bonchev–Trinajstić information content (AvgIpc) is 2.33. The fourth-order valence-electron chi connectivity index (χ4n) is 1.47. The molecule has 1 aromatic heterocycles. The normalized spacial score (nSPS) is 10.4. The van der Waals surface area contributed by atoms with Crippen LogP contribution in [-0.2, 0) is 0 Å². The fraction of sp³-hybridized carbons (Fsp3) is 0.167. The predicted octanol–water partition coefficient (Wildman–Crippen LogP) is 2.97. The van der Waals surface area contributed by atoms with Gasteiger partial charge in [-0.25, -0.2) is 14.4 Å². The van der Waals surface area contributed by atoms with E-state index in [-0.39, 0.29) is 5.82 Å². The maximum atomic E-state index is 13.1. The zero-order valence-corrected chi connectivity index (χ0v) is 10.9. The van der Waals surface area contributed by atoms with Crippen LogP contribution in [0.25, 0.3) is 0 Å². The van der Waals surface area contributed by atoms with Gasteiger partial charge in [0.1, 0.15) is 17.5 Å². The quantitative estimate of drug-likeness (QED) is 0.659. The number of rotatable bonds is 3. The van der Waals surface area contributed by atoms with Crippen molar-refractivity contribution in [3.05, 3.63) is 35.6 Å². The number of nitrogens with one attached hydrogen (secondary N) is 1. The highest BCUT2D eigenvalue weighted by atomic mass is 32.2. The maximum absolute atomic E-state index is 13.1. The van der Waals surface area contributed by atoms with Crippen molar-refractivity contribution in [2.75, 3.05) is 17.3 Å². The van der Waals surface area contributed by atoms with Crippen LogP contribution in [0.1, 0.15) is 5.56 Å². The van der Waals surface area contributed by atoms with Gasteiger partial charge in [-0.15, -0.1) is 0 Å². The van der Waals surface area contributed by atoms with Crippen molar-refractivity contribution in [3.8, 4) is 0 Å². The topological polar surface area (TPSA) is 63.8 Å². The van der Waals surface area contributed by atoms with Gasteiger partial charge in [-0.3, -0.25) is 0 Å². The average molecular weight is 264 g/mol. The Morgan fingerprint density at radius 3 is 2.72 bits per heavy atom. The molecule has 0 saturated heterocycles. The van der Waals surface area contributed by atoms with Crippen molar-refractivity contribution in [2.45, 2.75) is 12.1 Å². The minimum absolute atomic E-state index is 0.229. The van der Waals surface area contributed by atoms with Crippen molar-refractivity contribution in [1.82, 2.24) is 9.97 Å². The van der Waals surface area contributed by atoms with Crippen LogP contribution in [0, 0.1) is 12.7 Å². The first kappa shape index (κ1) is 12.6. The van der Waals surface area contributed by atoms with E-state index in [4.69, 9.17) is 5.73 Å². The van der Waals surface area contributed by atoms with Gasteiger partial charge in [-0.1, -0.05) is 11.8 Å². The summed E-state index contributed by atoms with van der Waals surface area (Å²) in [6.45, 7) is 1.71. The summed E-state index contributed by atoms with van der Waals surface area (Å²) < 4.78 is 13.1. The van der Waals surface area contributed by atoms with Crippen LogP contribution < -0.4 is 11.1 Å². The Labute approximate surface area is 109 Å². The first-order valence-electron chi connectivity index (χ1n) is 5.30. The van der Waals surface area contributed by atoms with E-state index in [0.29, 0.717) is 22.4 Å². The van der Waals surface area contributed by atoms with E-state index in [2.05, 4.69) is 15.3 Å². The van der Waals surface area contributed by atoms with E-state index in [1.54, 1.807) is 25.1 Å². The van der Waals surface area contributed by atoms with E-state index in [9.17, 15) is 4.39 Å². The Kier molecular flexibility index (Phi) is 3.66. The van der Waals surface area contributed by atoms with E-state index in [1.807, 2.05) is 6.26 Å². The van der Waals surface area contributed by atoms with Gasteiger partial charge >= 0.3 is 0 Å². The van der Waals surface area contributed by atoms with Gasteiger partial charge in [0.2, 0.25) is 0 Å². The third-order valence-electron chi connectivity index (χ3n) is 2.34. The number of halogens is 1. The van der Waals surface area contributed by atoms with Gasteiger partial charge in [-0.05, 0) is 36.9 Å². The lowest BCUT2D eigenvalue weighted by atomic mass is 10.2.